The number of fused-ring (bicyclic) bond motifs is 3. The maximum atomic E-state index is 12.7. The van der Waals surface area contributed by atoms with Crippen LogP contribution < -0.4 is 0 Å². The van der Waals surface area contributed by atoms with E-state index in [9.17, 15) is 34.8 Å². The number of rotatable bonds is 3. The van der Waals surface area contributed by atoms with Gasteiger partial charge in [0.15, 0.2) is 0 Å². The summed E-state index contributed by atoms with van der Waals surface area (Å²) >= 11 is 0. The minimum atomic E-state index is -1.42. The first-order valence-corrected chi connectivity index (χ1v) is 9.56. The molecule has 7 heteroatoms. The molecule has 148 valence electrons. The molecule has 4 saturated carbocycles. The molecule has 1 spiro atoms. The molecule has 0 aromatic carbocycles. The molecule has 4 N–H and O–H groups in total. The highest BCUT2D eigenvalue weighted by Gasteiger charge is 2.80. The Labute approximate surface area is 157 Å². The Morgan fingerprint density at radius 2 is 1.74 bits per heavy atom. The standard InChI is InChI=1S/C20H26O7/c1-10-8-18-9-19(10,27)7-4-11(18)20(16(25)26)6-3-5-17(2,15(23)24)13(20)12(18)14(21)22/h11-13,27H,1,3-9H2,2H3,(H,21,22)(H,23,24)(H,25,26)/t11-,12-,13-,17-,18?,19-,20-/m1/s1. The monoisotopic (exact) mass is 378 g/mol. The van der Waals surface area contributed by atoms with E-state index in [2.05, 4.69) is 6.58 Å². The quantitative estimate of drug-likeness (QED) is 0.553. The van der Waals surface area contributed by atoms with Gasteiger partial charge in [0.2, 0.25) is 0 Å². The van der Waals surface area contributed by atoms with E-state index in [1.165, 1.54) is 6.92 Å². The van der Waals surface area contributed by atoms with Crippen LogP contribution in [0.1, 0.15) is 51.9 Å². The fraction of sp³-hybridized carbons (Fsp3) is 0.750. The van der Waals surface area contributed by atoms with Crippen LogP contribution in [0.4, 0.5) is 0 Å². The normalized spacial score (nSPS) is 50.7. The van der Waals surface area contributed by atoms with Crippen LogP contribution >= 0.6 is 0 Å². The third kappa shape index (κ3) is 1.88. The highest BCUT2D eigenvalue weighted by molar-refractivity contribution is 5.86. The van der Waals surface area contributed by atoms with E-state index in [0.717, 1.165) is 0 Å². The van der Waals surface area contributed by atoms with Gasteiger partial charge in [-0.05, 0) is 62.4 Å². The van der Waals surface area contributed by atoms with Gasteiger partial charge < -0.3 is 20.4 Å². The number of hydrogen-bond donors (Lipinski definition) is 4. The average molecular weight is 378 g/mol. The minimum absolute atomic E-state index is 0.168. The molecule has 0 radical (unpaired) electrons. The van der Waals surface area contributed by atoms with Crippen molar-refractivity contribution in [2.75, 3.05) is 0 Å². The van der Waals surface area contributed by atoms with Gasteiger partial charge in [0.1, 0.15) is 0 Å². The van der Waals surface area contributed by atoms with Crippen molar-refractivity contribution in [3.8, 4) is 0 Å². The lowest BCUT2D eigenvalue weighted by molar-refractivity contribution is -0.177. The highest BCUT2D eigenvalue weighted by atomic mass is 16.4. The first kappa shape index (κ1) is 18.5. The molecule has 0 saturated heterocycles. The van der Waals surface area contributed by atoms with E-state index in [0.29, 0.717) is 24.8 Å². The van der Waals surface area contributed by atoms with Crippen LogP contribution in [0.2, 0.25) is 0 Å². The van der Waals surface area contributed by atoms with E-state index < -0.39 is 57.5 Å². The summed E-state index contributed by atoms with van der Waals surface area (Å²) in [6.45, 7) is 5.48. The predicted molar refractivity (Wildman–Crippen MR) is 92.8 cm³/mol. The van der Waals surface area contributed by atoms with Crippen molar-refractivity contribution in [2.45, 2.75) is 57.5 Å². The molecule has 4 aliphatic carbocycles. The number of aliphatic carboxylic acids is 3. The Bertz CT molecular complexity index is 774. The Morgan fingerprint density at radius 1 is 1.07 bits per heavy atom. The number of carbonyl (C=O) groups is 3. The molecule has 7 atom stereocenters. The van der Waals surface area contributed by atoms with Crippen LogP contribution in [0.25, 0.3) is 0 Å². The summed E-state index contributed by atoms with van der Waals surface area (Å²) in [5.74, 6) is -5.97. The molecule has 0 heterocycles. The van der Waals surface area contributed by atoms with Crippen LogP contribution in [0, 0.1) is 34.0 Å². The zero-order valence-corrected chi connectivity index (χ0v) is 15.4. The topological polar surface area (TPSA) is 132 Å². The van der Waals surface area contributed by atoms with Crippen molar-refractivity contribution in [2.24, 2.45) is 34.0 Å². The summed E-state index contributed by atoms with van der Waals surface area (Å²) in [5.41, 5.74) is -4.36. The summed E-state index contributed by atoms with van der Waals surface area (Å²) in [5, 5.41) is 41.5. The number of carboxylic acids is 3. The van der Waals surface area contributed by atoms with Crippen LogP contribution in [0.3, 0.4) is 0 Å². The molecule has 0 aromatic rings. The van der Waals surface area contributed by atoms with E-state index in [1.54, 1.807) is 0 Å². The van der Waals surface area contributed by atoms with Gasteiger partial charge >= 0.3 is 17.9 Å². The summed E-state index contributed by atoms with van der Waals surface area (Å²) in [6, 6.07) is 0. The van der Waals surface area contributed by atoms with Crippen molar-refractivity contribution in [3.05, 3.63) is 12.2 Å². The van der Waals surface area contributed by atoms with Crippen LogP contribution in [0.15, 0.2) is 12.2 Å². The smallest absolute Gasteiger partial charge is 0.310 e. The lowest BCUT2D eigenvalue weighted by Crippen LogP contribution is -2.55. The van der Waals surface area contributed by atoms with Gasteiger partial charge in [0, 0.05) is 5.92 Å². The molecule has 4 aliphatic rings. The molecule has 0 aliphatic heterocycles. The number of hydrogen-bond acceptors (Lipinski definition) is 4. The van der Waals surface area contributed by atoms with E-state index in [4.69, 9.17) is 0 Å². The zero-order valence-electron chi connectivity index (χ0n) is 15.4. The Hall–Kier alpha value is -1.89. The molecular formula is C20H26O7. The average Bonchev–Trinajstić information content (AvgIpc) is 2.93. The van der Waals surface area contributed by atoms with Gasteiger partial charge in [-0.3, -0.25) is 14.4 Å². The highest BCUT2D eigenvalue weighted by Crippen LogP contribution is 2.78. The SMILES string of the molecule is C=C1CC23C[C@]1(O)CC[C@H]2[C@]1(C(=O)O)CCC[C@@](C)(C(=O)O)[C@H]1[C@@H]3C(=O)O. The Kier molecular flexibility index (Phi) is 3.51. The third-order valence-electron chi connectivity index (χ3n) is 8.62. The lowest BCUT2D eigenvalue weighted by Gasteiger charge is -2.49. The molecule has 0 amide bonds. The van der Waals surface area contributed by atoms with Crippen LogP contribution in [-0.4, -0.2) is 43.9 Å². The van der Waals surface area contributed by atoms with Crippen molar-refractivity contribution >= 4 is 17.9 Å². The van der Waals surface area contributed by atoms with Crippen molar-refractivity contribution in [1.29, 1.82) is 0 Å². The largest absolute Gasteiger partial charge is 0.481 e. The maximum absolute atomic E-state index is 12.7. The third-order valence-corrected chi connectivity index (χ3v) is 8.62. The predicted octanol–water partition coefficient (Wildman–Crippen LogP) is 2.14. The Balaban J connectivity index is 2.01. The molecule has 4 fully saturated rings. The molecule has 4 rings (SSSR count). The summed E-state index contributed by atoms with van der Waals surface area (Å²) in [7, 11) is 0. The van der Waals surface area contributed by atoms with E-state index in [-0.39, 0.29) is 25.7 Å². The van der Waals surface area contributed by atoms with Crippen molar-refractivity contribution in [3.63, 3.8) is 0 Å². The second-order valence-electron chi connectivity index (χ2n) is 9.53. The van der Waals surface area contributed by atoms with Crippen molar-refractivity contribution < 1.29 is 34.8 Å². The number of carboxylic acid groups (broad SMARTS) is 3. The first-order valence-electron chi connectivity index (χ1n) is 9.56. The lowest BCUT2D eigenvalue weighted by atomic mass is 9.52. The second kappa shape index (κ2) is 5.13. The molecule has 7 nitrogen and oxygen atoms in total. The van der Waals surface area contributed by atoms with Gasteiger partial charge in [0.25, 0.3) is 0 Å². The summed E-state index contributed by atoms with van der Waals surface area (Å²) < 4.78 is 0. The van der Waals surface area contributed by atoms with Gasteiger partial charge in [-0.1, -0.05) is 13.0 Å². The summed E-state index contributed by atoms with van der Waals surface area (Å²) in [6.07, 6.45) is 2.16. The second-order valence-corrected chi connectivity index (χ2v) is 9.53. The number of aliphatic hydroxyl groups is 1. The van der Waals surface area contributed by atoms with Crippen molar-refractivity contribution in [1.82, 2.24) is 0 Å². The molecule has 0 aromatic heterocycles. The maximum Gasteiger partial charge on any atom is 0.310 e. The molecular weight excluding hydrogens is 352 g/mol. The molecule has 2 bridgehead atoms. The fourth-order valence-electron chi connectivity index (χ4n) is 7.72. The van der Waals surface area contributed by atoms with Crippen LogP contribution in [-0.2, 0) is 14.4 Å². The van der Waals surface area contributed by atoms with Gasteiger partial charge in [-0.25, -0.2) is 0 Å². The first-order chi connectivity index (χ1) is 12.5. The van der Waals surface area contributed by atoms with Gasteiger partial charge in [-0.2, -0.15) is 0 Å². The molecule has 27 heavy (non-hydrogen) atoms. The van der Waals surface area contributed by atoms with E-state index in [1.807, 2.05) is 0 Å². The fourth-order valence-corrected chi connectivity index (χ4v) is 7.72. The van der Waals surface area contributed by atoms with E-state index >= 15 is 0 Å². The minimum Gasteiger partial charge on any atom is -0.481 e. The van der Waals surface area contributed by atoms with Crippen LogP contribution in [0.5, 0.6) is 0 Å². The zero-order chi connectivity index (χ0) is 20.0. The summed E-state index contributed by atoms with van der Waals surface area (Å²) in [4.78, 5) is 37.4. The van der Waals surface area contributed by atoms with Gasteiger partial charge in [0.05, 0.1) is 22.3 Å². The Morgan fingerprint density at radius 3 is 2.30 bits per heavy atom. The van der Waals surface area contributed by atoms with Gasteiger partial charge in [-0.15, -0.1) is 0 Å². The molecule has 1 unspecified atom stereocenters.